The molecule has 0 spiro atoms. The van der Waals surface area contributed by atoms with Crippen molar-refractivity contribution in [2.75, 3.05) is 26.3 Å². The first-order valence-electron chi connectivity index (χ1n) is 8.02. The van der Waals surface area contributed by atoms with E-state index in [-0.39, 0.29) is 29.5 Å². The largest absolute Gasteiger partial charge is 0.378 e. The number of hydrogen-bond donors (Lipinski definition) is 1. The molecule has 1 aromatic rings. The lowest BCUT2D eigenvalue weighted by molar-refractivity contribution is 0.0502. The topological polar surface area (TPSA) is 36.9 Å². The van der Waals surface area contributed by atoms with E-state index in [4.69, 9.17) is 9.73 Å². The van der Waals surface area contributed by atoms with E-state index in [0.29, 0.717) is 6.54 Å². The summed E-state index contributed by atoms with van der Waals surface area (Å²) < 4.78 is 5.46. The maximum absolute atomic E-state index is 5.46. The van der Waals surface area contributed by atoms with Gasteiger partial charge >= 0.3 is 0 Å². The fourth-order valence-corrected chi connectivity index (χ4v) is 2.99. The summed E-state index contributed by atoms with van der Waals surface area (Å²) in [4.78, 5) is 7.20. The van der Waals surface area contributed by atoms with Crippen LogP contribution in [0, 0.1) is 0 Å². The Morgan fingerprint density at radius 2 is 1.87 bits per heavy atom. The number of benzene rings is 1. The normalized spacial score (nSPS) is 22.1. The fourth-order valence-electron chi connectivity index (χ4n) is 2.99. The van der Waals surface area contributed by atoms with Crippen LogP contribution in [-0.2, 0) is 11.3 Å². The minimum absolute atomic E-state index is 0. The summed E-state index contributed by atoms with van der Waals surface area (Å²) in [6.07, 6.45) is 3.23. The van der Waals surface area contributed by atoms with E-state index in [2.05, 4.69) is 54.4 Å². The first-order valence-corrected chi connectivity index (χ1v) is 8.02. The molecular weight excluding hydrogens is 401 g/mol. The molecule has 1 fully saturated rings. The van der Waals surface area contributed by atoms with Crippen LogP contribution in [0.1, 0.15) is 25.8 Å². The molecule has 4 nitrogen and oxygen atoms in total. The zero-order valence-corrected chi connectivity index (χ0v) is 16.2. The summed E-state index contributed by atoms with van der Waals surface area (Å²) in [5.74, 6) is 0.988. The van der Waals surface area contributed by atoms with E-state index in [1.54, 1.807) is 0 Å². The average Bonchev–Trinajstić information content (AvgIpc) is 2.53. The van der Waals surface area contributed by atoms with E-state index in [1.807, 2.05) is 6.07 Å². The molecule has 0 amide bonds. The molecule has 2 aliphatic rings. The summed E-state index contributed by atoms with van der Waals surface area (Å²) >= 11 is 0. The molecule has 0 saturated carbocycles. The third-order valence-corrected chi connectivity index (χ3v) is 4.08. The molecule has 1 saturated heterocycles. The SMILES string of the molecule is CC1(C)CC(N2CCOCC2)=CC(=NCc2ccccc2)N1.I. The number of aliphatic imine (C=N–C) groups is 1. The lowest BCUT2D eigenvalue weighted by Crippen LogP contribution is -2.49. The first kappa shape index (κ1) is 18.3. The van der Waals surface area contributed by atoms with Crippen molar-refractivity contribution in [1.82, 2.24) is 10.2 Å². The molecular formula is C18H26IN3O. The summed E-state index contributed by atoms with van der Waals surface area (Å²) in [7, 11) is 0. The van der Waals surface area contributed by atoms with Gasteiger partial charge in [-0.1, -0.05) is 30.3 Å². The molecule has 2 heterocycles. The Morgan fingerprint density at radius 1 is 1.17 bits per heavy atom. The zero-order chi connectivity index (χ0) is 15.4. The van der Waals surface area contributed by atoms with Crippen LogP contribution in [0.25, 0.3) is 0 Å². The smallest absolute Gasteiger partial charge is 0.123 e. The highest BCUT2D eigenvalue weighted by atomic mass is 127. The van der Waals surface area contributed by atoms with Gasteiger partial charge in [-0.15, -0.1) is 24.0 Å². The molecule has 126 valence electrons. The van der Waals surface area contributed by atoms with Crippen molar-refractivity contribution in [3.63, 3.8) is 0 Å². The second-order valence-corrected chi connectivity index (χ2v) is 6.61. The van der Waals surface area contributed by atoms with Crippen LogP contribution in [0.3, 0.4) is 0 Å². The molecule has 0 aliphatic carbocycles. The van der Waals surface area contributed by atoms with Crippen LogP contribution in [-0.4, -0.2) is 42.6 Å². The van der Waals surface area contributed by atoms with Crippen LogP contribution in [0.5, 0.6) is 0 Å². The second-order valence-electron chi connectivity index (χ2n) is 6.61. The number of ether oxygens (including phenoxy) is 1. The third kappa shape index (κ3) is 5.21. The molecule has 0 atom stereocenters. The highest BCUT2D eigenvalue weighted by Gasteiger charge is 2.28. The summed E-state index contributed by atoms with van der Waals surface area (Å²) in [5.41, 5.74) is 2.65. The maximum Gasteiger partial charge on any atom is 0.123 e. The van der Waals surface area contributed by atoms with Crippen LogP contribution in [0.15, 0.2) is 47.1 Å². The van der Waals surface area contributed by atoms with Crippen LogP contribution < -0.4 is 5.32 Å². The molecule has 0 aromatic heterocycles. The van der Waals surface area contributed by atoms with Gasteiger partial charge in [-0.2, -0.15) is 0 Å². The number of nitrogens with one attached hydrogen (secondary N) is 1. The Morgan fingerprint density at radius 3 is 2.57 bits per heavy atom. The van der Waals surface area contributed by atoms with Gasteiger partial charge in [0.05, 0.1) is 19.8 Å². The lowest BCUT2D eigenvalue weighted by Gasteiger charge is -2.39. The van der Waals surface area contributed by atoms with Gasteiger partial charge < -0.3 is 15.0 Å². The Kier molecular flexibility index (Phi) is 6.47. The number of morpholine rings is 1. The van der Waals surface area contributed by atoms with Crippen molar-refractivity contribution in [3.8, 4) is 0 Å². The molecule has 0 radical (unpaired) electrons. The quantitative estimate of drug-likeness (QED) is 0.753. The predicted molar refractivity (Wildman–Crippen MR) is 105 cm³/mol. The van der Waals surface area contributed by atoms with Gasteiger partial charge in [-0.3, -0.25) is 4.99 Å². The number of hydrogen-bond acceptors (Lipinski definition) is 3. The number of halogens is 1. The van der Waals surface area contributed by atoms with Crippen LogP contribution in [0.2, 0.25) is 0 Å². The van der Waals surface area contributed by atoms with Gasteiger partial charge in [0.1, 0.15) is 5.84 Å². The Hall–Kier alpha value is -1.08. The Balaban J connectivity index is 0.00000192. The summed E-state index contributed by atoms with van der Waals surface area (Å²) in [6, 6.07) is 10.4. The molecule has 0 bridgehead atoms. The van der Waals surface area contributed by atoms with Crippen molar-refractivity contribution in [1.29, 1.82) is 0 Å². The van der Waals surface area contributed by atoms with Crippen molar-refractivity contribution in [2.45, 2.75) is 32.4 Å². The van der Waals surface area contributed by atoms with Crippen molar-refractivity contribution >= 4 is 29.8 Å². The first-order chi connectivity index (χ1) is 10.6. The Bertz CT molecular complexity index is 563. The molecule has 5 heteroatoms. The third-order valence-electron chi connectivity index (χ3n) is 4.08. The molecule has 23 heavy (non-hydrogen) atoms. The summed E-state index contributed by atoms with van der Waals surface area (Å²) in [5, 5.41) is 3.55. The van der Waals surface area contributed by atoms with Gasteiger partial charge in [0.25, 0.3) is 0 Å². The van der Waals surface area contributed by atoms with Crippen molar-refractivity contribution in [3.05, 3.63) is 47.7 Å². The van der Waals surface area contributed by atoms with Gasteiger partial charge in [-0.05, 0) is 25.5 Å². The standard InChI is InChI=1S/C18H25N3O.HI/c1-18(2)13-16(21-8-10-22-11-9-21)12-17(20-18)19-14-15-6-4-3-5-7-15;/h3-7,12H,8-11,13-14H2,1-2H3,(H,19,20);1H. The van der Waals surface area contributed by atoms with E-state index in [9.17, 15) is 0 Å². The molecule has 3 rings (SSSR count). The van der Waals surface area contributed by atoms with Gasteiger partial charge in [0.15, 0.2) is 0 Å². The van der Waals surface area contributed by atoms with Crippen LogP contribution in [0.4, 0.5) is 0 Å². The van der Waals surface area contributed by atoms with E-state index in [1.165, 1.54) is 11.3 Å². The monoisotopic (exact) mass is 427 g/mol. The van der Waals surface area contributed by atoms with E-state index in [0.717, 1.165) is 38.6 Å². The van der Waals surface area contributed by atoms with E-state index < -0.39 is 0 Å². The molecule has 1 N–H and O–H groups in total. The highest BCUT2D eigenvalue weighted by molar-refractivity contribution is 14.0. The predicted octanol–water partition coefficient (Wildman–Crippen LogP) is 3.19. The maximum atomic E-state index is 5.46. The average molecular weight is 427 g/mol. The fraction of sp³-hybridized carbons (Fsp3) is 0.500. The molecule has 2 aliphatic heterocycles. The van der Waals surface area contributed by atoms with Crippen LogP contribution >= 0.6 is 24.0 Å². The van der Waals surface area contributed by atoms with Gasteiger partial charge in [0, 0.05) is 30.7 Å². The number of amidine groups is 1. The van der Waals surface area contributed by atoms with Crippen molar-refractivity contribution < 1.29 is 4.74 Å². The van der Waals surface area contributed by atoms with Crippen molar-refractivity contribution in [2.24, 2.45) is 4.99 Å². The second kappa shape index (κ2) is 8.15. The van der Waals surface area contributed by atoms with Gasteiger partial charge in [-0.25, -0.2) is 0 Å². The minimum atomic E-state index is 0. The number of rotatable bonds is 3. The lowest BCUT2D eigenvalue weighted by atomic mass is 9.93. The summed E-state index contributed by atoms with van der Waals surface area (Å²) in [6.45, 7) is 8.79. The molecule has 1 aromatic carbocycles. The minimum Gasteiger partial charge on any atom is -0.378 e. The zero-order valence-electron chi connectivity index (χ0n) is 13.9. The number of nitrogens with zero attached hydrogens (tertiary/aromatic N) is 2. The van der Waals surface area contributed by atoms with E-state index >= 15 is 0 Å². The van der Waals surface area contributed by atoms with Gasteiger partial charge in [0.2, 0.25) is 0 Å². The Labute approximate surface area is 156 Å². The molecule has 0 unspecified atom stereocenters. The highest BCUT2D eigenvalue weighted by Crippen LogP contribution is 2.24.